The fourth-order valence-corrected chi connectivity index (χ4v) is 3.70. The Hall–Kier alpha value is -1.11. The van der Waals surface area contributed by atoms with Gasteiger partial charge in [0.15, 0.2) is 0 Å². The van der Waals surface area contributed by atoms with Gasteiger partial charge in [-0.15, -0.1) is 11.6 Å². The van der Waals surface area contributed by atoms with Crippen molar-refractivity contribution in [2.45, 2.75) is 5.88 Å². The molecule has 0 bridgehead atoms. The average Bonchev–Trinajstić information content (AvgIpc) is 2.86. The summed E-state index contributed by atoms with van der Waals surface area (Å²) in [5.74, 6) is 1.80. The van der Waals surface area contributed by atoms with Crippen LogP contribution in [0.15, 0.2) is 39.5 Å². The third-order valence-electron chi connectivity index (χ3n) is 3.11. The molecule has 0 radical (unpaired) electrons. The highest BCUT2D eigenvalue weighted by Crippen LogP contribution is 2.35. The van der Waals surface area contributed by atoms with Gasteiger partial charge in [0.05, 0.1) is 34.9 Å². The van der Waals surface area contributed by atoms with Crippen LogP contribution in [0.1, 0.15) is 5.82 Å². The number of rotatable bonds is 3. The zero-order valence-corrected chi connectivity index (χ0v) is 14.9. The van der Waals surface area contributed by atoms with Crippen LogP contribution in [0.4, 0.5) is 0 Å². The SMILES string of the molecule is COc1cc(-n2c(CCl)nc3cnccc32)c(Br)cc1Br. The smallest absolute Gasteiger partial charge is 0.135 e. The number of hydrogen-bond donors (Lipinski definition) is 0. The molecule has 21 heavy (non-hydrogen) atoms. The first-order valence-electron chi connectivity index (χ1n) is 6.06. The first kappa shape index (κ1) is 14.8. The maximum absolute atomic E-state index is 6.05. The number of methoxy groups -OCH3 is 1. The van der Waals surface area contributed by atoms with Crippen molar-refractivity contribution in [2.75, 3.05) is 7.11 Å². The lowest BCUT2D eigenvalue weighted by Gasteiger charge is -2.13. The van der Waals surface area contributed by atoms with Crippen molar-refractivity contribution >= 4 is 54.5 Å². The molecular formula is C14H10Br2ClN3O. The summed E-state index contributed by atoms with van der Waals surface area (Å²) in [5, 5.41) is 0. The van der Waals surface area contributed by atoms with Gasteiger partial charge in [-0.3, -0.25) is 9.55 Å². The largest absolute Gasteiger partial charge is 0.495 e. The molecule has 0 fully saturated rings. The lowest BCUT2D eigenvalue weighted by atomic mass is 10.3. The average molecular weight is 432 g/mol. The third-order valence-corrected chi connectivity index (χ3v) is 4.60. The van der Waals surface area contributed by atoms with Gasteiger partial charge in [-0.2, -0.15) is 0 Å². The number of fused-ring (bicyclic) bond motifs is 1. The molecule has 0 N–H and O–H groups in total. The number of alkyl halides is 1. The van der Waals surface area contributed by atoms with Gasteiger partial charge in [0.2, 0.25) is 0 Å². The number of hydrogen-bond acceptors (Lipinski definition) is 3. The molecule has 0 saturated heterocycles. The molecule has 0 saturated carbocycles. The van der Waals surface area contributed by atoms with E-state index in [-0.39, 0.29) is 0 Å². The van der Waals surface area contributed by atoms with E-state index in [1.807, 2.05) is 22.8 Å². The Balaban J connectivity index is 2.34. The molecule has 4 nitrogen and oxygen atoms in total. The minimum Gasteiger partial charge on any atom is -0.495 e. The number of halogens is 3. The molecule has 7 heteroatoms. The zero-order chi connectivity index (χ0) is 15.0. The molecule has 0 atom stereocenters. The van der Waals surface area contributed by atoms with Gasteiger partial charge in [-0.1, -0.05) is 0 Å². The minimum absolute atomic E-state index is 0.305. The van der Waals surface area contributed by atoms with E-state index in [2.05, 4.69) is 41.8 Å². The molecule has 0 amide bonds. The predicted octanol–water partition coefficient (Wildman–Crippen LogP) is 4.69. The standard InChI is InChI=1S/C14H10Br2ClN3O/c1-21-13-5-12(8(15)4-9(13)16)20-11-2-3-18-7-10(11)19-14(20)6-17/h2-5,7H,6H2,1H3. The summed E-state index contributed by atoms with van der Waals surface area (Å²) < 4.78 is 9.17. The number of pyridine rings is 1. The molecule has 0 aliphatic rings. The van der Waals surface area contributed by atoms with E-state index in [0.29, 0.717) is 5.88 Å². The van der Waals surface area contributed by atoms with Gasteiger partial charge in [-0.05, 0) is 44.0 Å². The quantitative estimate of drug-likeness (QED) is 0.565. The van der Waals surface area contributed by atoms with Crippen molar-refractivity contribution in [3.8, 4) is 11.4 Å². The van der Waals surface area contributed by atoms with Crippen LogP contribution in [0, 0.1) is 0 Å². The lowest BCUT2D eigenvalue weighted by Crippen LogP contribution is -2.01. The Morgan fingerprint density at radius 3 is 2.81 bits per heavy atom. The lowest BCUT2D eigenvalue weighted by molar-refractivity contribution is 0.412. The fraction of sp³-hybridized carbons (Fsp3) is 0.143. The summed E-state index contributed by atoms with van der Waals surface area (Å²) in [7, 11) is 1.64. The summed E-state index contributed by atoms with van der Waals surface area (Å²) in [5.41, 5.74) is 2.67. The Kier molecular flexibility index (Phi) is 4.19. The second kappa shape index (κ2) is 5.94. The number of nitrogens with zero attached hydrogens (tertiary/aromatic N) is 3. The topological polar surface area (TPSA) is 39.9 Å². The van der Waals surface area contributed by atoms with Crippen LogP contribution >= 0.6 is 43.5 Å². The molecule has 1 aromatic carbocycles. The van der Waals surface area contributed by atoms with Crippen molar-refractivity contribution < 1.29 is 4.74 Å². The Bertz CT molecular complexity index is 819. The van der Waals surface area contributed by atoms with Gasteiger partial charge in [0.1, 0.15) is 17.1 Å². The van der Waals surface area contributed by atoms with Gasteiger partial charge < -0.3 is 4.74 Å². The highest BCUT2D eigenvalue weighted by Gasteiger charge is 2.16. The van der Waals surface area contributed by atoms with Crippen LogP contribution in [0.3, 0.4) is 0 Å². The second-order valence-corrected chi connectivity index (χ2v) is 6.28. The highest BCUT2D eigenvalue weighted by atomic mass is 79.9. The third kappa shape index (κ3) is 2.56. The molecule has 2 heterocycles. The summed E-state index contributed by atoms with van der Waals surface area (Å²) in [6.45, 7) is 0. The van der Waals surface area contributed by atoms with Crippen LogP contribution in [-0.4, -0.2) is 21.6 Å². The van der Waals surface area contributed by atoms with Gasteiger partial charge in [-0.25, -0.2) is 4.98 Å². The van der Waals surface area contributed by atoms with E-state index in [1.54, 1.807) is 19.5 Å². The van der Waals surface area contributed by atoms with Crippen molar-refractivity contribution in [3.63, 3.8) is 0 Å². The van der Waals surface area contributed by atoms with Crippen molar-refractivity contribution in [3.05, 3.63) is 45.4 Å². The van der Waals surface area contributed by atoms with E-state index in [1.165, 1.54) is 0 Å². The van der Waals surface area contributed by atoms with E-state index in [9.17, 15) is 0 Å². The van der Waals surface area contributed by atoms with Gasteiger partial charge in [0, 0.05) is 16.7 Å². The van der Waals surface area contributed by atoms with E-state index >= 15 is 0 Å². The Morgan fingerprint density at radius 2 is 2.10 bits per heavy atom. The Morgan fingerprint density at radius 1 is 1.29 bits per heavy atom. The molecule has 0 aliphatic heterocycles. The van der Waals surface area contributed by atoms with Gasteiger partial charge in [0.25, 0.3) is 0 Å². The number of aromatic nitrogens is 3. The fourth-order valence-electron chi connectivity index (χ4n) is 2.19. The molecular weight excluding hydrogens is 421 g/mol. The molecule has 3 rings (SSSR count). The summed E-state index contributed by atoms with van der Waals surface area (Å²) in [6.07, 6.45) is 3.47. The molecule has 0 spiro atoms. The molecule has 0 unspecified atom stereocenters. The van der Waals surface area contributed by atoms with Crippen LogP contribution in [0.25, 0.3) is 16.7 Å². The molecule has 2 aromatic heterocycles. The monoisotopic (exact) mass is 429 g/mol. The van der Waals surface area contributed by atoms with E-state index in [4.69, 9.17) is 16.3 Å². The van der Waals surface area contributed by atoms with Crippen LogP contribution in [0.2, 0.25) is 0 Å². The zero-order valence-electron chi connectivity index (χ0n) is 11.0. The molecule has 0 aliphatic carbocycles. The number of benzene rings is 1. The molecule has 108 valence electrons. The van der Waals surface area contributed by atoms with Crippen molar-refractivity contribution in [2.24, 2.45) is 0 Å². The Labute approximate surface area is 143 Å². The summed E-state index contributed by atoms with van der Waals surface area (Å²) in [6, 6.07) is 5.80. The molecule has 3 aromatic rings. The van der Waals surface area contributed by atoms with Crippen LogP contribution < -0.4 is 4.74 Å². The normalized spacial score (nSPS) is 11.0. The van der Waals surface area contributed by atoms with E-state index < -0.39 is 0 Å². The van der Waals surface area contributed by atoms with Crippen molar-refractivity contribution in [1.82, 2.24) is 14.5 Å². The van der Waals surface area contributed by atoms with Gasteiger partial charge >= 0.3 is 0 Å². The first-order valence-corrected chi connectivity index (χ1v) is 8.18. The summed E-state index contributed by atoms with van der Waals surface area (Å²) >= 11 is 13.1. The highest BCUT2D eigenvalue weighted by molar-refractivity contribution is 9.11. The maximum Gasteiger partial charge on any atom is 0.135 e. The van der Waals surface area contributed by atoms with Crippen molar-refractivity contribution in [1.29, 1.82) is 0 Å². The minimum atomic E-state index is 0.305. The number of ether oxygens (including phenoxy) is 1. The maximum atomic E-state index is 6.05. The summed E-state index contributed by atoms with van der Waals surface area (Å²) in [4.78, 5) is 8.62. The predicted molar refractivity (Wildman–Crippen MR) is 90.4 cm³/mol. The number of imidazole rings is 1. The van der Waals surface area contributed by atoms with Crippen LogP contribution in [-0.2, 0) is 5.88 Å². The second-order valence-electron chi connectivity index (χ2n) is 4.30. The first-order chi connectivity index (χ1) is 10.2. The van der Waals surface area contributed by atoms with Crippen LogP contribution in [0.5, 0.6) is 5.75 Å². The van der Waals surface area contributed by atoms with E-state index in [0.717, 1.165) is 37.2 Å².